The molecule has 1 aliphatic heterocycles. The molecule has 0 radical (unpaired) electrons. The topological polar surface area (TPSA) is 79.7 Å². The lowest BCUT2D eigenvalue weighted by atomic mass is 10.0. The van der Waals surface area contributed by atoms with Crippen LogP contribution in [0.3, 0.4) is 0 Å². The highest BCUT2D eigenvalue weighted by Crippen LogP contribution is 2.20. The summed E-state index contributed by atoms with van der Waals surface area (Å²) in [6.45, 7) is 0.908. The van der Waals surface area contributed by atoms with Crippen LogP contribution < -0.4 is 4.74 Å². The van der Waals surface area contributed by atoms with E-state index in [1.54, 1.807) is 12.4 Å². The van der Waals surface area contributed by atoms with Crippen molar-refractivity contribution >= 4 is 11.9 Å². The monoisotopic (exact) mass is 354 g/mol. The number of benzene rings is 1. The first-order valence-electron chi connectivity index (χ1n) is 8.76. The van der Waals surface area contributed by atoms with E-state index in [0.29, 0.717) is 25.3 Å². The summed E-state index contributed by atoms with van der Waals surface area (Å²) in [5.74, 6) is -0.402. The summed E-state index contributed by atoms with van der Waals surface area (Å²) < 4.78 is 5.76. The number of likely N-dealkylation sites (tertiary alicyclic amines) is 1. The van der Waals surface area contributed by atoms with Gasteiger partial charge in [-0.25, -0.2) is 4.79 Å². The van der Waals surface area contributed by atoms with Crippen LogP contribution in [-0.2, 0) is 22.6 Å². The third-order valence-electron chi connectivity index (χ3n) is 4.49. The third-order valence-corrected chi connectivity index (χ3v) is 4.49. The molecular weight excluding hydrogens is 332 g/mol. The maximum Gasteiger partial charge on any atom is 0.326 e. The Morgan fingerprint density at radius 3 is 2.81 bits per heavy atom. The number of carboxylic acid groups (broad SMARTS) is 1. The number of hydrogen-bond donors (Lipinski definition) is 1. The minimum Gasteiger partial charge on any atom is -0.489 e. The largest absolute Gasteiger partial charge is 0.489 e. The number of carboxylic acids is 1. The number of rotatable bonds is 6. The van der Waals surface area contributed by atoms with E-state index in [1.165, 1.54) is 4.90 Å². The van der Waals surface area contributed by atoms with Gasteiger partial charge in [0.05, 0.1) is 6.42 Å². The van der Waals surface area contributed by atoms with Gasteiger partial charge in [-0.2, -0.15) is 0 Å². The van der Waals surface area contributed by atoms with Crippen LogP contribution in [0.5, 0.6) is 5.75 Å². The smallest absolute Gasteiger partial charge is 0.326 e. The van der Waals surface area contributed by atoms with Crippen LogP contribution in [0.15, 0.2) is 48.8 Å². The van der Waals surface area contributed by atoms with Crippen molar-refractivity contribution in [2.75, 3.05) is 6.54 Å². The molecule has 6 heteroatoms. The number of carbonyl (C=O) groups is 2. The fourth-order valence-electron chi connectivity index (χ4n) is 3.16. The lowest BCUT2D eigenvalue weighted by Gasteiger charge is -2.33. The summed E-state index contributed by atoms with van der Waals surface area (Å²) in [6.07, 6.45) is 5.85. The highest BCUT2D eigenvalue weighted by atomic mass is 16.5. The van der Waals surface area contributed by atoms with Crippen LogP contribution in [0, 0.1) is 0 Å². The second-order valence-electron chi connectivity index (χ2n) is 6.41. The van der Waals surface area contributed by atoms with Gasteiger partial charge in [-0.3, -0.25) is 9.78 Å². The molecule has 3 rings (SSSR count). The average molecular weight is 354 g/mol. The van der Waals surface area contributed by atoms with Crippen LogP contribution in [0.4, 0.5) is 0 Å². The normalized spacial score (nSPS) is 16.9. The van der Waals surface area contributed by atoms with Gasteiger partial charge in [0.1, 0.15) is 18.4 Å². The Balaban J connectivity index is 1.62. The van der Waals surface area contributed by atoms with Crippen LogP contribution in [0.2, 0.25) is 0 Å². The molecule has 2 aromatic rings. The molecule has 1 N–H and O–H groups in total. The van der Waals surface area contributed by atoms with Gasteiger partial charge in [-0.05, 0) is 43.0 Å². The van der Waals surface area contributed by atoms with Crippen LogP contribution in [0.1, 0.15) is 30.4 Å². The number of aromatic nitrogens is 1. The van der Waals surface area contributed by atoms with Gasteiger partial charge < -0.3 is 14.7 Å². The Hall–Kier alpha value is -2.89. The summed E-state index contributed by atoms with van der Waals surface area (Å²) in [6, 6.07) is 10.4. The molecule has 1 aromatic heterocycles. The molecule has 6 nitrogen and oxygen atoms in total. The number of pyridine rings is 1. The molecule has 0 spiro atoms. The van der Waals surface area contributed by atoms with Gasteiger partial charge in [0.25, 0.3) is 0 Å². The maximum absolute atomic E-state index is 12.6. The van der Waals surface area contributed by atoms with Crippen molar-refractivity contribution in [3.63, 3.8) is 0 Å². The van der Waals surface area contributed by atoms with Crippen molar-refractivity contribution in [1.82, 2.24) is 9.88 Å². The average Bonchev–Trinajstić information content (AvgIpc) is 2.67. The molecule has 1 atom stereocenters. The van der Waals surface area contributed by atoms with E-state index in [4.69, 9.17) is 4.74 Å². The molecule has 0 bridgehead atoms. The van der Waals surface area contributed by atoms with E-state index in [1.807, 2.05) is 36.4 Å². The zero-order chi connectivity index (χ0) is 18.4. The molecule has 0 saturated carbocycles. The molecule has 1 unspecified atom stereocenters. The summed E-state index contributed by atoms with van der Waals surface area (Å²) in [7, 11) is 0. The van der Waals surface area contributed by atoms with Crippen molar-refractivity contribution in [2.45, 2.75) is 38.3 Å². The van der Waals surface area contributed by atoms with Gasteiger partial charge in [0, 0.05) is 24.5 Å². The van der Waals surface area contributed by atoms with Gasteiger partial charge >= 0.3 is 5.97 Å². The standard InChI is InChI=1S/C20H22N2O4/c23-19(22-10-2-1-8-18(22)20(24)25)12-15-5-3-7-17(11-15)26-14-16-6-4-9-21-13-16/h3-7,9,11,13,18H,1-2,8,10,12,14H2,(H,24,25). The molecular formula is C20H22N2O4. The van der Waals surface area contributed by atoms with E-state index in [2.05, 4.69) is 4.98 Å². The van der Waals surface area contributed by atoms with Crippen molar-refractivity contribution in [1.29, 1.82) is 0 Å². The lowest BCUT2D eigenvalue weighted by molar-refractivity contribution is -0.151. The molecule has 136 valence electrons. The lowest BCUT2D eigenvalue weighted by Crippen LogP contribution is -2.48. The van der Waals surface area contributed by atoms with Crippen molar-refractivity contribution in [3.05, 3.63) is 59.9 Å². The molecule has 1 aliphatic rings. The molecule has 0 aliphatic carbocycles. The molecule has 1 amide bonds. The highest BCUT2D eigenvalue weighted by Gasteiger charge is 2.31. The van der Waals surface area contributed by atoms with Gasteiger partial charge in [0.15, 0.2) is 0 Å². The Morgan fingerprint density at radius 1 is 1.19 bits per heavy atom. The number of carbonyl (C=O) groups excluding carboxylic acids is 1. The Morgan fingerprint density at radius 2 is 2.04 bits per heavy atom. The molecule has 1 saturated heterocycles. The molecule has 1 fully saturated rings. The maximum atomic E-state index is 12.6. The fourth-order valence-corrected chi connectivity index (χ4v) is 3.16. The molecule has 26 heavy (non-hydrogen) atoms. The first-order valence-corrected chi connectivity index (χ1v) is 8.76. The van der Waals surface area contributed by atoms with Crippen LogP contribution >= 0.6 is 0 Å². The molecule has 1 aromatic carbocycles. The minimum atomic E-state index is -0.924. The Labute approximate surface area is 152 Å². The minimum absolute atomic E-state index is 0.151. The quantitative estimate of drug-likeness (QED) is 0.863. The molecule has 2 heterocycles. The van der Waals surface area contributed by atoms with Gasteiger partial charge in [-0.1, -0.05) is 18.2 Å². The number of amides is 1. The van der Waals surface area contributed by atoms with E-state index < -0.39 is 12.0 Å². The number of ether oxygens (including phenoxy) is 1. The van der Waals surface area contributed by atoms with E-state index in [-0.39, 0.29) is 12.3 Å². The predicted molar refractivity (Wildman–Crippen MR) is 95.7 cm³/mol. The first kappa shape index (κ1) is 17.9. The van der Waals surface area contributed by atoms with Gasteiger partial charge in [0.2, 0.25) is 5.91 Å². The van der Waals surface area contributed by atoms with Crippen molar-refractivity contribution in [2.24, 2.45) is 0 Å². The third kappa shape index (κ3) is 4.59. The fraction of sp³-hybridized carbons (Fsp3) is 0.350. The van der Waals surface area contributed by atoms with Crippen LogP contribution in [-0.4, -0.2) is 39.5 Å². The highest BCUT2D eigenvalue weighted by molar-refractivity contribution is 5.85. The predicted octanol–water partition coefficient (Wildman–Crippen LogP) is 2.67. The Bertz CT molecular complexity index is 763. The SMILES string of the molecule is O=C(O)C1CCCCN1C(=O)Cc1cccc(OCc2cccnc2)c1. The summed E-state index contributed by atoms with van der Waals surface area (Å²) in [4.78, 5) is 29.5. The summed E-state index contributed by atoms with van der Waals surface area (Å²) >= 11 is 0. The number of hydrogen-bond acceptors (Lipinski definition) is 4. The number of nitrogens with zero attached hydrogens (tertiary/aromatic N) is 2. The summed E-state index contributed by atoms with van der Waals surface area (Å²) in [5.41, 5.74) is 1.78. The van der Waals surface area contributed by atoms with E-state index >= 15 is 0 Å². The number of aliphatic carboxylic acids is 1. The first-order chi connectivity index (χ1) is 12.6. The van der Waals surface area contributed by atoms with Gasteiger partial charge in [-0.15, -0.1) is 0 Å². The second-order valence-corrected chi connectivity index (χ2v) is 6.41. The van der Waals surface area contributed by atoms with Crippen LogP contribution in [0.25, 0.3) is 0 Å². The van der Waals surface area contributed by atoms with E-state index in [9.17, 15) is 14.7 Å². The van der Waals surface area contributed by atoms with Crippen molar-refractivity contribution < 1.29 is 19.4 Å². The second kappa shape index (κ2) is 8.47. The number of piperidine rings is 1. The zero-order valence-corrected chi connectivity index (χ0v) is 14.5. The summed E-state index contributed by atoms with van der Waals surface area (Å²) in [5, 5.41) is 9.33. The zero-order valence-electron chi connectivity index (χ0n) is 14.5. The Kier molecular flexibility index (Phi) is 5.84. The van der Waals surface area contributed by atoms with E-state index in [0.717, 1.165) is 24.0 Å². The van der Waals surface area contributed by atoms with Crippen molar-refractivity contribution in [3.8, 4) is 5.75 Å².